The van der Waals surface area contributed by atoms with E-state index in [4.69, 9.17) is 14.2 Å². The normalized spacial score (nSPS) is 10.7. The van der Waals surface area contributed by atoms with Gasteiger partial charge < -0.3 is 14.2 Å². The molecule has 2 aliphatic rings. The smallest absolute Gasteiger partial charge is 0.342 e. The predicted molar refractivity (Wildman–Crippen MR) is 100 cm³/mol. The summed E-state index contributed by atoms with van der Waals surface area (Å²) in [5, 5.41) is 0. The molecule has 0 amide bonds. The van der Waals surface area contributed by atoms with Gasteiger partial charge in [0.05, 0.1) is 20.8 Å². The highest BCUT2D eigenvalue weighted by Gasteiger charge is 2.34. The summed E-state index contributed by atoms with van der Waals surface area (Å²) in [7, 11) is 2.75. The van der Waals surface area contributed by atoms with Crippen LogP contribution in [-0.4, -0.2) is 32.8 Å². The molecule has 0 aliphatic heterocycles. The summed E-state index contributed by atoms with van der Waals surface area (Å²) < 4.78 is 15.8. The lowest BCUT2D eigenvalue weighted by Crippen LogP contribution is -2.08. The second kappa shape index (κ2) is 8.70. The maximum absolute atomic E-state index is 12.8. The molecule has 0 saturated heterocycles. The number of carbonyl (C=O) groups excluding carboxylic acids is 2. The molecule has 0 N–H and O–H groups in total. The number of esters is 2. The molecule has 140 valence electrons. The number of ether oxygens (including phenoxy) is 3. The number of unbranched alkanes of at least 4 members (excludes halogenated alkanes) is 2. The first-order valence-corrected chi connectivity index (χ1v) is 8.82. The van der Waals surface area contributed by atoms with Crippen molar-refractivity contribution in [2.75, 3.05) is 20.8 Å². The predicted octanol–water partition coefficient (Wildman–Crippen LogP) is 4.55. The van der Waals surface area contributed by atoms with E-state index in [0.717, 1.165) is 30.4 Å². The number of rotatable bonds is 7. The zero-order valence-corrected chi connectivity index (χ0v) is 16.1. The van der Waals surface area contributed by atoms with Crippen molar-refractivity contribution in [3.63, 3.8) is 0 Å². The van der Waals surface area contributed by atoms with E-state index in [2.05, 4.69) is 6.92 Å². The van der Waals surface area contributed by atoms with Crippen molar-refractivity contribution < 1.29 is 23.8 Å². The van der Waals surface area contributed by atoms with Crippen LogP contribution >= 0.6 is 0 Å². The summed E-state index contributed by atoms with van der Waals surface area (Å²) in [6.07, 6.45) is 2.84. The Morgan fingerprint density at radius 2 is 1.73 bits per heavy atom. The fourth-order valence-electron chi connectivity index (χ4n) is 3.17. The van der Waals surface area contributed by atoms with Crippen LogP contribution in [0.2, 0.25) is 0 Å². The molecule has 0 aromatic rings. The minimum atomic E-state index is -0.538. The molecule has 0 saturated carbocycles. The highest BCUT2D eigenvalue weighted by Crippen LogP contribution is 2.44. The van der Waals surface area contributed by atoms with Gasteiger partial charge in [0.2, 0.25) is 0 Å². The van der Waals surface area contributed by atoms with E-state index in [-0.39, 0.29) is 16.9 Å². The van der Waals surface area contributed by atoms with E-state index in [1.807, 2.05) is 32.0 Å². The molecule has 0 aromatic heterocycles. The number of methoxy groups -OCH3 is 2. The molecule has 0 spiro atoms. The van der Waals surface area contributed by atoms with Crippen LogP contribution < -0.4 is 4.74 Å². The molecule has 0 atom stereocenters. The zero-order valence-electron chi connectivity index (χ0n) is 16.1. The largest absolute Gasteiger partial charge is 0.495 e. The van der Waals surface area contributed by atoms with Crippen molar-refractivity contribution >= 4 is 11.9 Å². The third kappa shape index (κ3) is 3.82. The molecular weight excluding hydrogens is 332 g/mol. The van der Waals surface area contributed by atoms with E-state index in [1.54, 1.807) is 0 Å². The fraction of sp³-hybridized carbons (Fsp3) is 0.429. The summed E-state index contributed by atoms with van der Waals surface area (Å²) >= 11 is 0. The van der Waals surface area contributed by atoms with Crippen LogP contribution in [0, 0.1) is 13.8 Å². The highest BCUT2D eigenvalue weighted by molar-refractivity contribution is 6.13. The Morgan fingerprint density at radius 3 is 2.35 bits per heavy atom. The topological polar surface area (TPSA) is 61.8 Å². The number of hydrogen-bond donors (Lipinski definition) is 0. The summed E-state index contributed by atoms with van der Waals surface area (Å²) in [6, 6.07) is 5.70. The quantitative estimate of drug-likeness (QED) is 0.537. The molecule has 0 unspecified atom stereocenters. The average Bonchev–Trinajstić information content (AvgIpc) is 2.89. The second-order valence-electron chi connectivity index (χ2n) is 6.31. The molecule has 2 rings (SSSR count). The number of aryl methyl sites for hydroxylation is 2. The van der Waals surface area contributed by atoms with Crippen molar-refractivity contribution in [2.24, 2.45) is 0 Å². The maximum Gasteiger partial charge on any atom is 0.342 e. The monoisotopic (exact) mass is 358 g/mol. The van der Waals surface area contributed by atoms with E-state index in [9.17, 15) is 9.59 Å². The summed E-state index contributed by atoms with van der Waals surface area (Å²) in [5.41, 5.74) is 3.72. The standard InChI is InChI=1S/C21H26O5/c1-6-7-8-11-26-21(23)17-15-10-9-13(2)12-14(3)16(15)18(19(17)24-4)20(22)25-5/h9-10,12H,6-8,11H2,1-5H3. The van der Waals surface area contributed by atoms with Gasteiger partial charge in [-0.15, -0.1) is 0 Å². The van der Waals surface area contributed by atoms with Gasteiger partial charge in [-0.25, -0.2) is 9.59 Å². The average molecular weight is 358 g/mol. The third-order valence-corrected chi connectivity index (χ3v) is 4.37. The van der Waals surface area contributed by atoms with Gasteiger partial charge >= 0.3 is 11.9 Å². The molecule has 0 aromatic carbocycles. The Hall–Kier alpha value is -2.56. The van der Waals surface area contributed by atoms with Crippen molar-refractivity contribution in [1.29, 1.82) is 0 Å². The van der Waals surface area contributed by atoms with Crippen LogP contribution in [0.3, 0.4) is 0 Å². The van der Waals surface area contributed by atoms with E-state index < -0.39 is 11.9 Å². The van der Waals surface area contributed by atoms with Crippen molar-refractivity contribution in [1.82, 2.24) is 0 Å². The van der Waals surface area contributed by atoms with Crippen molar-refractivity contribution in [3.8, 4) is 16.9 Å². The van der Waals surface area contributed by atoms with E-state index in [1.165, 1.54) is 14.2 Å². The van der Waals surface area contributed by atoms with E-state index in [0.29, 0.717) is 17.7 Å². The number of fused-ring (bicyclic) bond motifs is 1. The van der Waals surface area contributed by atoms with Gasteiger partial charge in [-0.1, -0.05) is 43.5 Å². The van der Waals surface area contributed by atoms with Crippen LogP contribution in [0.4, 0.5) is 0 Å². The van der Waals surface area contributed by atoms with Crippen molar-refractivity contribution in [2.45, 2.75) is 40.0 Å². The molecule has 5 nitrogen and oxygen atoms in total. The first kappa shape index (κ1) is 19.8. The first-order valence-electron chi connectivity index (χ1n) is 8.82. The Labute approximate surface area is 154 Å². The third-order valence-electron chi connectivity index (χ3n) is 4.37. The Bertz CT molecular complexity index is 779. The Kier molecular flexibility index (Phi) is 6.61. The molecule has 0 radical (unpaired) electrons. The molecule has 5 heteroatoms. The van der Waals surface area contributed by atoms with Crippen LogP contribution in [0.5, 0.6) is 5.75 Å². The van der Waals surface area contributed by atoms with Gasteiger partial charge in [-0.05, 0) is 25.8 Å². The van der Waals surface area contributed by atoms with E-state index >= 15 is 0 Å². The van der Waals surface area contributed by atoms with Crippen LogP contribution in [0.1, 0.15) is 58.0 Å². The fourth-order valence-corrected chi connectivity index (χ4v) is 3.17. The lowest BCUT2D eigenvalue weighted by atomic mass is 10.0. The first-order chi connectivity index (χ1) is 12.5. The molecule has 0 fully saturated rings. The molecule has 0 bridgehead atoms. The lowest BCUT2D eigenvalue weighted by molar-refractivity contribution is 0.0496. The van der Waals surface area contributed by atoms with Gasteiger partial charge in [-0.3, -0.25) is 0 Å². The molecule has 26 heavy (non-hydrogen) atoms. The van der Waals surface area contributed by atoms with Crippen LogP contribution in [-0.2, 0) is 9.47 Å². The Balaban J connectivity index is 2.63. The van der Waals surface area contributed by atoms with Gasteiger partial charge in [0.1, 0.15) is 16.9 Å². The molecular formula is C21H26O5. The Morgan fingerprint density at radius 1 is 1.00 bits per heavy atom. The van der Waals surface area contributed by atoms with Crippen LogP contribution in [0.25, 0.3) is 11.1 Å². The molecule has 2 aliphatic carbocycles. The minimum Gasteiger partial charge on any atom is -0.495 e. The van der Waals surface area contributed by atoms with Crippen molar-refractivity contribution in [3.05, 3.63) is 40.5 Å². The van der Waals surface area contributed by atoms with Gasteiger partial charge in [0.25, 0.3) is 0 Å². The number of hydrogen-bond acceptors (Lipinski definition) is 5. The summed E-state index contributed by atoms with van der Waals surface area (Å²) in [4.78, 5) is 25.2. The zero-order chi connectivity index (χ0) is 19.3. The van der Waals surface area contributed by atoms with Gasteiger partial charge in [-0.2, -0.15) is 0 Å². The van der Waals surface area contributed by atoms with Gasteiger partial charge in [0, 0.05) is 11.1 Å². The second-order valence-corrected chi connectivity index (χ2v) is 6.31. The SMILES string of the molecule is CCCCCOC(=O)c1c2ccc(C)cc(C)c-2c(C(=O)OC)c1OC. The molecule has 0 heterocycles. The van der Waals surface area contributed by atoms with Crippen LogP contribution in [0.15, 0.2) is 18.2 Å². The summed E-state index contributed by atoms with van der Waals surface area (Å²) in [6.45, 7) is 6.29. The maximum atomic E-state index is 12.8. The summed E-state index contributed by atoms with van der Waals surface area (Å²) in [5.74, 6) is -0.815. The lowest BCUT2D eigenvalue weighted by Gasteiger charge is -2.07. The van der Waals surface area contributed by atoms with Gasteiger partial charge in [0.15, 0.2) is 0 Å². The number of carbonyl (C=O) groups is 2. The highest BCUT2D eigenvalue weighted by atomic mass is 16.5. The minimum absolute atomic E-state index is 0.208.